The summed E-state index contributed by atoms with van der Waals surface area (Å²) in [5, 5.41) is 28.2. The summed E-state index contributed by atoms with van der Waals surface area (Å²) in [6.07, 6.45) is 1.16. The number of carbonyl (C=O) groups is 2. The Balaban J connectivity index is 0.00000259. The van der Waals surface area contributed by atoms with E-state index in [1.807, 2.05) is 70.5 Å². The molecule has 2 aliphatic heterocycles. The topological polar surface area (TPSA) is 123 Å². The maximum absolute atomic E-state index is 13.5. The highest BCUT2D eigenvalue weighted by molar-refractivity contribution is 5.89. The number of aliphatic hydroxyl groups excluding tert-OH is 2. The van der Waals surface area contributed by atoms with Gasteiger partial charge in [-0.05, 0) is 32.0 Å². The number of nitrogens with one attached hydrogen (secondary N) is 1. The fraction of sp³-hybridized carbons (Fsp3) is 0.667. The lowest BCUT2D eigenvalue weighted by molar-refractivity contribution is -0.142. The van der Waals surface area contributed by atoms with Gasteiger partial charge in [0.1, 0.15) is 18.4 Å². The molecule has 1 aromatic carbocycles. The van der Waals surface area contributed by atoms with E-state index in [9.17, 15) is 19.8 Å². The van der Waals surface area contributed by atoms with Gasteiger partial charge in [0.05, 0.1) is 24.4 Å². The first-order chi connectivity index (χ1) is 21.1. The summed E-state index contributed by atoms with van der Waals surface area (Å²) in [7, 11) is 2.13. The Morgan fingerprint density at radius 1 is 1.11 bits per heavy atom. The second kappa shape index (κ2) is 16.9. The van der Waals surface area contributed by atoms with Crippen molar-refractivity contribution in [1.29, 1.82) is 0 Å². The van der Waals surface area contributed by atoms with Gasteiger partial charge in [-0.15, -0.1) is 0 Å². The molecule has 0 bridgehead atoms. The number of hydrogen-bond donors (Lipinski definition) is 3. The number of hydrogen-bond acceptors (Lipinski definition) is 8. The average Bonchev–Trinajstić information content (AvgIpc) is 3.67. The number of amides is 2. The fourth-order valence-corrected chi connectivity index (χ4v) is 5.63. The number of β-amino-alcohol motifs (C(OH)–C–C–N with tert-alkyl or cyclic N) is 1. The van der Waals surface area contributed by atoms with Gasteiger partial charge in [0.15, 0.2) is 0 Å². The van der Waals surface area contributed by atoms with E-state index in [2.05, 4.69) is 27.3 Å². The molecule has 2 fully saturated rings. The Bertz CT molecular complexity index is 1200. The smallest absolute Gasteiger partial charge is 0.243 e. The minimum Gasteiger partial charge on any atom is -0.492 e. The zero-order chi connectivity index (χ0) is 32.4. The van der Waals surface area contributed by atoms with Crippen molar-refractivity contribution in [2.75, 3.05) is 59.5 Å². The molecule has 0 spiro atoms. The lowest BCUT2D eigenvalue weighted by Crippen LogP contribution is -2.49. The molecule has 1 aromatic heterocycles. The van der Waals surface area contributed by atoms with Crippen molar-refractivity contribution in [2.24, 2.45) is 11.8 Å². The number of likely N-dealkylation sites (N-methyl/N-ethyl adjacent to an activating group) is 1. The molecule has 0 saturated carbocycles. The molecule has 2 amide bonds. The lowest BCUT2D eigenvalue weighted by Gasteiger charge is -2.32. The SMILES string of the molecule is CC.CCn1nccc1-c1ccc(C(CO)NC(=O)C2CC(O)CN2C(=O)C(C)C(C)C)c(OCCN2CCN(C)CC2)c1. The van der Waals surface area contributed by atoms with Crippen LogP contribution in [-0.4, -0.2) is 118 Å². The second-order valence-corrected chi connectivity index (χ2v) is 12.0. The predicted octanol–water partition coefficient (Wildman–Crippen LogP) is 2.63. The fourth-order valence-electron chi connectivity index (χ4n) is 5.63. The van der Waals surface area contributed by atoms with Crippen LogP contribution in [0.3, 0.4) is 0 Å². The monoisotopic (exact) mass is 614 g/mol. The molecule has 2 aliphatic rings. The van der Waals surface area contributed by atoms with Gasteiger partial charge in [-0.3, -0.25) is 19.2 Å². The average molecular weight is 615 g/mol. The second-order valence-electron chi connectivity index (χ2n) is 12.0. The Labute approximate surface area is 263 Å². The molecule has 4 atom stereocenters. The number of likely N-dealkylation sites (tertiary alicyclic amines) is 1. The quantitative estimate of drug-likeness (QED) is 0.334. The van der Waals surface area contributed by atoms with Crippen molar-refractivity contribution in [2.45, 2.75) is 72.7 Å². The molecule has 2 aromatic rings. The molecule has 0 aliphatic carbocycles. The zero-order valence-electron chi connectivity index (χ0n) is 27.7. The first-order valence-corrected chi connectivity index (χ1v) is 16.2. The number of benzene rings is 1. The predicted molar refractivity (Wildman–Crippen MR) is 172 cm³/mol. The van der Waals surface area contributed by atoms with Crippen molar-refractivity contribution in [3.05, 3.63) is 36.0 Å². The van der Waals surface area contributed by atoms with E-state index >= 15 is 0 Å². The molecular weight excluding hydrogens is 560 g/mol. The zero-order valence-corrected chi connectivity index (χ0v) is 27.7. The number of aliphatic hydroxyl groups is 2. The number of nitrogens with zero attached hydrogens (tertiary/aromatic N) is 5. The maximum Gasteiger partial charge on any atom is 0.243 e. The number of piperazine rings is 1. The van der Waals surface area contributed by atoms with Gasteiger partial charge >= 0.3 is 0 Å². The number of carbonyl (C=O) groups excluding carboxylic acids is 2. The molecule has 11 nitrogen and oxygen atoms in total. The van der Waals surface area contributed by atoms with Crippen LogP contribution in [0.5, 0.6) is 5.75 Å². The van der Waals surface area contributed by atoms with Crippen LogP contribution in [0.15, 0.2) is 30.5 Å². The summed E-state index contributed by atoms with van der Waals surface area (Å²) in [6, 6.07) is 6.16. The number of ether oxygens (including phenoxy) is 1. The van der Waals surface area contributed by atoms with Crippen LogP contribution < -0.4 is 10.1 Å². The van der Waals surface area contributed by atoms with E-state index in [4.69, 9.17) is 4.74 Å². The third-order valence-electron chi connectivity index (χ3n) is 8.72. The normalized spacial score (nSPS) is 20.6. The number of rotatable bonds is 12. The molecular formula is C33H54N6O5. The Hall–Kier alpha value is -2.99. The third kappa shape index (κ3) is 8.80. The lowest BCUT2D eigenvalue weighted by atomic mass is 9.96. The van der Waals surface area contributed by atoms with E-state index in [0.717, 1.165) is 50.5 Å². The molecule has 0 radical (unpaired) electrons. The van der Waals surface area contributed by atoms with E-state index < -0.39 is 24.1 Å². The van der Waals surface area contributed by atoms with Crippen molar-refractivity contribution < 1.29 is 24.5 Å². The van der Waals surface area contributed by atoms with Crippen molar-refractivity contribution >= 4 is 11.8 Å². The molecule has 4 rings (SSSR count). The Morgan fingerprint density at radius 3 is 2.45 bits per heavy atom. The van der Waals surface area contributed by atoms with Crippen LogP contribution in [0, 0.1) is 11.8 Å². The maximum atomic E-state index is 13.5. The molecule has 2 saturated heterocycles. The third-order valence-corrected chi connectivity index (χ3v) is 8.72. The van der Waals surface area contributed by atoms with E-state index in [0.29, 0.717) is 17.9 Å². The summed E-state index contributed by atoms with van der Waals surface area (Å²) >= 11 is 0. The number of aromatic nitrogens is 2. The molecule has 4 unspecified atom stereocenters. The first kappa shape index (κ1) is 35.5. The van der Waals surface area contributed by atoms with Crippen LogP contribution in [0.2, 0.25) is 0 Å². The molecule has 44 heavy (non-hydrogen) atoms. The van der Waals surface area contributed by atoms with E-state index in [-0.39, 0.29) is 37.3 Å². The summed E-state index contributed by atoms with van der Waals surface area (Å²) in [4.78, 5) is 32.9. The Morgan fingerprint density at radius 2 is 1.82 bits per heavy atom. The van der Waals surface area contributed by atoms with Crippen molar-refractivity contribution in [1.82, 2.24) is 29.8 Å². The largest absolute Gasteiger partial charge is 0.492 e. The van der Waals surface area contributed by atoms with Crippen LogP contribution in [0.1, 0.15) is 59.6 Å². The molecule has 3 heterocycles. The van der Waals surface area contributed by atoms with Gasteiger partial charge in [0, 0.05) is 75.5 Å². The summed E-state index contributed by atoms with van der Waals surface area (Å²) in [5.41, 5.74) is 2.53. The highest BCUT2D eigenvalue weighted by Gasteiger charge is 2.41. The van der Waals surface area contributed by atoms with Crippen LogP contribution in [0.25, 0.3) is 11.3 Å². The van der Waals surface area contributed by atoms with E-state index in [1.165, 1.54) is 4.90 Å². The standard InChI is InChI=1S/C31H48N6O5.C2H6/c1-6-37-27(9-10-32-37)23-7-8-25(29(17-23)42-16-15-35-13-11-34(5)12-14-35)26(20-38)33-30(40)28-18-24(39)19-36(28)31(41)22(4)21(2)3;1-2/h7-10,17,21-22,24,26,28,38-39H,6,11-16,18-20H2,1-5H3,(H,33,40);1-2H3. The van der Waals surface area contributed by atoms with Gasteiger partial charge in [-0.2, -0.15) is 5.10 Å². The Kier molecular flexibility index (Phi) is 13.6. The molecule has 246 valence electrons. The van der Waals surface area contributed by atoms with Gasteiger partial charge in [0.2, 0.25) is 11.8 Å². The van der Waals surface area contributed by atoms with Crippen LogP contribution >= 0.6 is 0 Å². The molecule has 3 N–H and O–H groups in total. The summed E-state index contributed by atoms with van der Waals surface area (Å²) < 4.78 is 8.26. The highest BCUT2D eigenvalue weighted by Crippen LogP contribution is 2.32. The van der Waals surface area contributed by atoms with E-state index in [1.54, 1.807) is 6.20 Å². The van der Waals surface area contributed by atoms with Gasteiger partial charge in [-0.1, -0.05) is 46.8 Å². The summed E-state index contributed by atoms with van der Waals surface area (Å²) in [5.74, 6) is -0.128. The highest BCUT2D eigenvalue weighted by atomic mass is 16.5. The van der Waals surface area contributed by atoms with Gasteiger partial charge < -0.3 is 30.1 Å². The molecule has 11 heteroatoms. The minimum absolute atomic E-state index is 0.109. The first-order valence-electron chi connectivity index (χ1n) is 16.2. The minimum atomic E-state index is -0.803. The van der Waals surface area contributed by atoms with Gasteiger partial charge in [-0.25, -0.2) is 0 Å². The summed E-state index contributed by atoms with van der Waals surface area (Å²) in [6.45, 7) is 17.5. The van der Waals surface area contributed by atoms with Crippen LogP contribution in [0.4, 0.5) is 0 Å². The van der Waals surface area contributed by atoms with Crippen molar-refractivity contribution in [3.63, 3.8) is 0 Å². The van der Waals surface area contributed by atoms with Gasteiger partial charge in [0.25, 0.3) is 0 Å². The number of aryl methyl sites for hydroxylation is 1. The van der Waals surface area contributed by atoms with Crippen LogP contribution in [-0.2, 0) is 16.1 Å². The van der Waals surface area contributed by atoms with Crippen molar-refractivity contribution in [3.8, 4) is 17.0 Å².